The third-order valence-electron chi connectivity index (χ3n) is 2.57. The maximum absolute atomic E-state index is 5.88. The van der Waals surface area contributed by atoms with Crippen molar-refractivity contribution in [2.75, 3.05) is 6.26 Å². The van der Waals surface area contributed by atoms with Gasteiger partial charge in [-0.1, -0.05) is 30.0 Å². The molecule has 0 radical (unpaired) electrons. The molecule has 2 aromatic rings. The summed E-state index contributed by atoms with van der Waals surface area (Å²) in [6.45, 7) is 0.573. The van der Waals surface area contributed by atoms with Crippen LogP contribution < -0.4 is 5.73 Å². The maximum atomic E-state index is 5.88. The maximum Gasteiger partial charge on any atom is 0.0314 e. The quantitative estimate of drug-likeness (QED) is 0.811. The van der Waals surface area contributed by atoms with E-state index < -0.39 is 0 Å². The summed E-state index contributed by atoms with van der Waals surface area (Å²) < 4.78 is 1.12. The molecule has 0 aromatic heterocycles. The SMILES string of the molecule is CSc1cccc(Sc2ccccc2Br)c1CN. The van der Waals surface area contributed by atoms with Gasteiger partial charge in [0.25, 0.3) is 0 Å². The average molecular weight is 340 g/mol. The van der Waals surface area contributed by atoms with Crippen molar-refractivity contribution in [2.24, 2.45) is 5.73 Å². The summed E-state index contributed by atoms with van der Waals surface area (Å²) in [5.41, 5.74) is 7.11. The minimum absolute atomic E-state index is 0.573. The topological polar surface area (TPSA) is 26.0 Å². The first-order chi connectivity index (χ1) is 8.76. The van der Waals surface area contributed by atoms with E-state index in [1.807, 2.05) is 12.1 Å². The second-order valence-electron chi connectivity index (χ2n) is 3.67. The number of nitrogens with two attached hydrogens (primary N) is 1. The van der Waals surface area contributed by atoms with Gasteiger partial charge in [-0.25, -0.2) is 0 Å². The summed E-state index contributed by atoms with van der Waals surface area (Å²) in [5.74, 6) is 0. The van der Waals surface area contributed by atoms with Crippen LogP contribution in [0.25, 0.3) is 0 Å². The lowest BCUT2D eigenvalue weighted by Crippen LogP contribution is -2.00. The summed E-state index contributed by atoms with van der Waals surface area (Å²) >= 11 is 7.08. The number of halogens is 1. The third kappa shape index (κ3) is 3.12. The molecule has 2 rings (SSSR count). The van der Waals surface area contributed by atoms with Crippen molar-refractivity contribution in [3.8, 4) is 0 Å². The number of hydrogen-bond acceptors (Lipinski definition) is 3. The summed E-state index contributed by atoms with van der Waals surface area (Å²) in [5, 5.41) is 0. The van der Waals surface area contributed by atoms with Crippen LogP contribution in [0.15, 0.2) is 61.6 Å². The van der Waals surface area contributed by atoms with Gasteiger partial charge < -0.3 is 5.73 Å². The minimum atomic E-state index is 0.573. The molecular weight excluding hydrogens is 326 g/mol. The van der Waals surface area contributed by atoms with Crippen LogP contribution in [0.3, 0.4) is 0 Å². The Morgan fingerprint density at radius 3 is 2.33 bits per heavy atom. The lowest BCUT2D eigenvalue weighted by atomic mass is 10.2. The van der Waals surface area contributed by atoms with E-state index >= 15 is 0 Å². The highest BCUT2D eigenvalue weighted by Gasteiger charge is 2.09. The zero-order chi connectivity index (χ0) is 13.0. The highest BCUT2D eigenvalue weighted by Crippen LogP contribution is 2.37. The second kappa shape index (κ2) is 6.66. The van der Waals surface area contributed by atoms with Crippen LogP contribution in [0.5, 0.6) is 0 Å². The van der Waals surface area contributed by atoms with Crippen LogP contribution in [0.2, 0.25) is 0 Å². The van der Waals surface area contributed by atoms with E-state index in [0.29, 0.717) is 6.54 Å². The highest BCUT2D eigenvalue weighted by atomic mass is 79.9. The first kappa shape index (κ1) is 14.0. The molecule has 0 fully saturated rings. The Hall–Kier alpha value is -0.420. The van der Waals surface area contributed by atoms with Crippen LogP contribution in [-0.2, 0) is 6.54 Å². The van der Waals surface area contributed by atoms with Crippen molar-refractivity contribution in [3.05, 3.63) is 52.5 Å². The van der Waals surface area contributed by atoms with Gasteiger partial charge in [-0.2, -0.15) is 0 Å². The van der Waals surface area contributed by atoms with Crippen molar-refractivity contribution < 1.29 is 0 Å². The normalized spacial score (nSPS) is 10.6. The Kier molecular flexibility index (Phi) is 5.18. The Balaban J connectivity index is 2.37. The van der Waals surface area contributed by atoms with Crippen LogP contribution in [0.1, 0.15) is 5.56 Å². The zero-order valence-corrected chi connectivity index (χ0v) is 13.2. The molecule has 0 unspecified atom stereocenters. The third-order valence-corrected chi connectivity index (χ3v) is 5.53. The molecule has 94 valence electrons. The fourth-order valence-electron chi connectivity index (χ4n) is 1.68. The van der Waals surface area contributed by atoms with E-state index in [9.17, 15) is 0 Å². The second-order valence-corrected chi connectivity index (χ2v) is 6.46. The highest BCUT2D eigenvalue weighted by molar-refractivity contribution is 9.10. The van der Waals surface area contributed by atoms with Crippen LogP contribution in [0, 0.1) is 0 Å². The molecule has 0 spiro atoms. The van der Waals surface area contributed by atoms with E-state index in [0.717, 1.165) is 4.47 Å². The predicted octanol–water partition coefficient (Wildman–Crippen LogP) is 4.78. The average Bonchev–Trinajstić information content (AvgIpc) is 2.41. The first-order valence-corrected chi connectivity index (χ1v) is 8.38. The van der Waals surface area contributed by atoms with E-state index in [4.69, 9.17) is 5.73 Å². The van der Waals surface area contributed by atoms with Crippen molar-refractivity contribution in [1.82, 2.24) is 0 Å². The van der Waals surface area contributed by atoms with Gasteiger partial charge in [-0.3, -0.25) is 0 Å². The van der Waals surface area contributed by atoms with Crippen LogP contribution >= 0.6 is 39.5 Å². The van der Waals surface area contributed by atoms with Gasteiger partial charge in [0.1, 0.15) is 0 Å². The van der Waals surface area contributed by atoms with Crippen molar-refractivity contribution >= 4 is 39.5 Å². The first-order valence-electron chi connectivity index (χ1n) is 5.54. The Morgan fingerprint density at radius 2 is 1.67 bits per heavy atom. The van der Waals surface area contributed by atoms with E-state index in [2.05, 4.69) is 52.5 Å². The van der Waals surface area contributed by atoms with Crippen molar-refractivity contribution in [1.29, 1.82) is 0 Å². The van der Waals surface area contributed by atoms with Crippen molar-refractivity contribution in [3.63, 3.8) is 0 Å². The zero-order valence-electron chi connectivity index (χ0n) is 10.0. The molecule has 0 amide bonds. The van der Waals surface area contributed by atoms with Gasteiger partial charge >= 0.3 is 0 Å². The smallest absolute Gasteiger partial charge is 0.0314 e. The summed E-state index contributed by atoms with van der Waals surface area (Å²) in [6.07, 6.45) is 2.08. The van der Waals surface area contributed by atoms with Crippen molar-refractivity contribution in [2.45, 2.75) is 21.2 Å². The molecule has 4 heteroatoms. The van der Waals surface area contributed by atoms with Gasteiger partial charge in [0.15, 0.2) is 0 Å². The molecule has 0 aliphatic heterocycles. The Labute approximate surface area is 125 Å². The minimum Gasteiger partial charge on any atom is -0.326 e. The molecule has 1 nitrogen and oxygen atoms in total. The Bertz CT molecular complexity index is 543. The molecule has 2 aromatic carbocycles. The predicted molar refractivity (Wildman–Crippen MR) is 84.4 cm³/mol. The van der Waals surface area contributed by atoms with Crippen LogP contribution in [0.4, 0.5) is 0 Å². The fraction of sp³-hybridized carbons (Fsp3) is 0.143. The molecule has 2 N–H and O–H groups in total. The molecule has 18 heavy (non-hydrogen) atoms. The fourth-order valence-corrected chi connectivity index (χ4v) is 3.94. The van der Waals surface area contributed by atoms with Gasteiger partial charge in [-0.15, -0.1) is 11.8 Å². The monoisotopic (exact) mass is 339 g/mol. The lowest BCUT2D eigenvalue weighted by Gasteiger charge is -2.12. The molecule has 0 saturated carbocycles. The lowest BCUT2D eigenvalue weighted by molar-refractivity contribution is 0.980. The summed E-state index contributed by atoms with van der Waals surface area (Å²) in [7, 11) is 0. The number of hydrogen-bond donors (Lipinski definition) is 1. The van der Waals surface area contributed by atoms with E-state index in [1.165, 1.54) is 20.2 Å². The van der Waals surface area contributed by atoms with E-state index in [-0.39, 0.29) is 0 Å². The molecular formula is C14H14BrNS2. The summed E-state index contributed by atoms with van der Waals surface area (Å²) in [6, 6.07) is 14.6. The molecule has 0 atom stereocenters. The van der Waals surface area contributed by atoms with Gasteiger partial charge in [0.05, 0.1) is 0 Å². The Morgan fingerprint density at radius 1 is 1.00 bits per heavy atom. The van der Waals surface area contributed by atoms with E-state index in [1.54, 1.807) is 23.5 Å². The molecule has 0 bridgehead atoms. The molecule has 0 heterocycles. The largest absolute Gasteiger partial charge is 0.326 e. The van der Waals surface area contributed by atoms with Gasteiger partial charge in [-0.05, 0) is 52.0 Å². The van der Waals surface area contributed by atoms with Crippen LogP contribution in [-0.4, -0.2) is 6.26 Å². The number of benzene rings is 2. The molecule has 0 aliphatic carbocycles. The standard InChI is InChI=1S/C14H14BrNS2/c1-17-12-7-4-8-13(10(12)9-16)18-14-6-3-2-5-11(14)15/h2-8H,9,16H2,1H3. The van der Waals surface area contributed by atoms with Gasteiger partial charge in [0, 0.05) is 25.7 Å². The molecule has 0 saturated heterocycles. The molecule has 0 aliphatic rings. The summed E-state index contributed by atoms with van der Waals surface area (Å²) in [4.78, 5) is 3.70. The number of thioether (sulfide) groups is 1. The van der Waals surface area contributed by atoms with Gasteiger partial charge in [0.2, 0.25) is 0 Å². The number of rotatable bonds is 4.